The molecule has 0 radical (unpaired) electrons. The zero-order valence-corrected chi connectivity index (χ0v) is 9.02. The van der Waals surface area contributed by atoms with Gasteiger partial charge in [-0.05, 0) is 35.6 Å². The molecule has 0 fully saturated rings. The second-order valence-corrected chi connectivity index (χ2v) is 3.92. The lowest BCUT2D eigenvalue weighted by molar-refractivity contribution is 0.464. The fourth-order valence-corrected chi connectivity index (χ4v) is 1.66. The first-order chi connectivity index (χ1) is 6.06. The van der Waals surface area contributed by atoms with Crippen LogP contribution in [0, 0.1) is 0 Å². The van der Waals surface area contributed by atoms with Crippen LogP contribution in [-0.2, 0) is 6.42 Å². The normalized spacial score (nSPS) is 10.8. The number of phenolic OH excluding ortho intramolecular Hbond substituents is 1. The zero-order valence-electron chi connectivity index (χ0n) is 8.26. The number of rotatable bonds is 2. The highest BCUT2D eigenvalue weighted by Gasteiger charge is 2.09. The van der Waals surface area contributed by atoms with E-state index in [0.717, 1.165) is 22.6 Å². The highest BCUT2D eigenvalue weighted by Crippen LogP contribution is 2.31. The molecule has 0 unspecified atom stereocenters. The van der Waals surface area contributed by atoms with Crippen molar-refractivity contribution in [2.45, 2.75) is 33.1 Å². The average molecular weight is 199 g/mol. The van der Waals surface area contributed by atoms with Crippen LogP contribution in [0.1, 0.15) is 37.8 Å². The van der Waals surface area contributed by atoms with Gasteiger partial charge in [-0.2, -0.15) is 0 Å². The molecular weight excluding hydrogens is 184 g/mol. The summed E-state index contributed by atoms with van der Waals surface area (Å²) in [5.41, 5.74) is 1.92. The van der Waals surface area contributed by atoms with E-state index in [2.05, 4.69) is 0 Å². The molecule has 72 valence electrons. The molecule has 0 saturated heterocycles. The van der Waals surface area contributed by atoms with E-state index >= 15 is 0 Å². The van der Waals surface area contributed by atoms with Crippen LogP contribution >= 0.6 is 11.6 Å². The summed E-state index contributed by atoms with van der Waals surface area (Å²) in [5, 5.41) is 10.4. The molecule has 1 aromatic carbocycles. The van der Waals surface area contributed by atoms with Crippen molar-refractivity contribution in [2.24, 2.45) is 0 Å². The maximum absolute atomic E-state index is 9.66. The standard InChI is InChI=1S/C11H15ClO/c1-4-8-5-11(13)9(7(2)3)6-10(8)12/h5-7,13H,4H2,1-3H3. The summed E-state index contributed by atoms with van der Waals surface area (Å²) >= 11 is 6.03. The Bertz CT molecular complexity index is 305. The van der Waals surface area contributed by atoms with Crippen molar-refractivity contribution < 1.29 is 5.11 Å². The highest BCUT2D eigenvalue weighted by atomic mass is 35.5. The Morgan fingerprint density at radius 3 is 2.46 bits per heavy atom. The van der Waals surface area contributed by atoms with Gasteiger partial charge in [0.2, 0.25) is 0 Å². The SMILES string of the molecule is CCc1cc(O)c(C(C)C)cc1Cl. The minimum Gasteiger partial charge on any atom is -0.508 e. The quantitative estimate of drug-likeness (QED) is 0.768. The van der Waals surface area contributed by atoms with Gasteiger partial charge in [-0.15, -0.1) is 0 Å². The number of halogens is 1. The Morgan fingerprint density at radius 1 is 1.38 bits per heavy atom. The maximum atomic E-state index is 9.66. The molecule has 0 aliphatic rings. The van der Waals surface area contributed by atoms with Gasteiger partial charge in [-0.25, -0.2) is 0 Å². The smallest absolute Gasteiger partial charge is 0.119 e. The Labute approximate surface area is 84.4 Å². The number of aromatic hydroxyl groups is 1. The van der Waals surface area contributed by atoms with Crippen molar-refractivity contribution >= 4 is 11.6 Å². The van der Waals surface area contributed by atoms with Gasteiger partial charge in [0.05, 0.1) is 0 Å². The van der Waals surface area contributed by atoms with Crippen molar-refractivity contribution in [3.8, 4) is 5.75 Å². The lowest BCUT2D eigenvalue weighted by atomic mass is 9.99. The number of phenols is 1. The summed E-state index contributed by atoms with van der Waals surface area (Å²) in [6, 6.07) is 3.62. The number of benzene rings is 1. The first-order valence-electron chi connectivity index (χ1n) is 4.57. The van der Waals surface area contributed by atoms with E-state index in [1.54, 1.807) is 6.07 Å². The molecule has 0 spiro atoms. The number of hydrogen-bond acceptors (Lipinski definition) is 1. The fraction of sp³-hybridized carbons (Fsp3) is 0.455. The van der Waals surface area contributed by atoms with Crippen molar-refractivity contribution in [3.05, 3.63) is 28.3 Å². The van der Waals surface area contributed by atoms with Crippen LogP contribution in [0.15, 0.2) is 12.1 Å². The van der Waals surface area contributed by atoms with Crippen molar-refractivity contribution in [3.63, 3.8) is 0 Å². The first-order valence-corrected chi connectivity index (χ1v) is 4.95. The molecule has 1 N–H and O–H groups in total. The second kappa shape index (κ2) is 4.01. The lowest BCUT2D eigenvalue weighted by Gasteiger charge is -2.11. The molecule has 2 heteroatoms. The summed E-state index contributed by atoms with van der Waals surface area (Å²) in [6.07, 6.45) is 0.852. The van der Waals surface area contributed by atoms with Crippen LogP contribution in [0.5, 0.6) is 5.75 Å². The van der Waals surface area contributed by atoms with E-state index in [1.165, 1.54) is 0 Å². The van der Waals surface area contributed by atoms with Crippen LogP contribution in [0.2, 0.25) is 5.02 Å². The summed E-state index contributed by atoms with van der Waals surface area (Å²) in [7, 11) is 0. The predicted octanol–water partition coefficient (Wildman–Crippen LogP) is 3.73. The third-order valence-corrected chi connectivity index (χ3v) is 2.55. The minimum absolute atomic E-state index is 0.309. The third-order valence-electron chi connectivity index (χ3n) is 2.20. The Balaban J connectivity index is 3.20. The molecule has 1 aromatic rings. The van der Waals surface area contributed by atoms with Crippen LogP contribution < -0.4 is 0 Å². The summed E-state index contributed by atoms with van der Waals surface area (Å²) in [5.74, 6) is 0.666. The first kappa shape index (κ1) is 10.4. The van der Waals surface area contributed by atoms with E-state index in [0.29, 0.717) is 11.7 Å². The predicted molar refractivity (Wildman–Crippen MR) is 56.6 cm³/mol. The molecule has 0 saturated carbocycles. The summed E-state index contributed by atoms with van der Waals surface area (Å²) in [6.45, 7) is 6.10. The van der Waals surface area contributed by atoms with Gasteiger partial charge in [0.1, 0.15) is 5.75 Å². The Hall–Kier alpha value is -0.690. The molecule has 0 heterocycles. The summed E-state index contributed by atoms with van der Waals surface area (Å²) < 4.78 is 0. The Kier molecular flexibility index (Phi) is 3.21. The van der Waals surface area contributed by atoms with Gasteiger partial charge in [0.15, 0.2) is 0 Å². The average Bonchev–Trinajstić information content (AvgIpc) is 2.07. The van der Waals surface area contributed by atoms with Crippen LogP contribution in [-0.4, -0.2) is 5.11 Å². The van der Waals surface area contributed by atoms with Crippen molar-refractivity contribution in [1.29, 1.82) is 0 Å². The molecule has 0 amide bonds. The largest absolute Gasteiger partial charge is 0.508 e. The van der Waals surface area contributed by atoms with Crippen LogP contribution in [0.3, 0.4) is 0 Å². The maximum Gasteiger partial charge on any atom is 0.119 e. The van der Waals surface area contributed by atoms with Crippen molar-refractivity contribution in [1.82, 2.24) is 0 Å². The third kappa shape index (κ3) is 2.16. The number of hydrogen-bond donors (Lipinski definition) is 1. The molecule has 0 aliphatic carbocycles. The Morgan fingerprint density at radius 2 is 2.00 bits per heavy atom. The highest BCUT2D eigenvalue weighted by molar-refractivity contribution is 6.31. The zero-order chi connectivity index (χ0) is 10.0. The summed E-state index contributed by atoms with van der Waals surface area (Å²) in [4.78, 5) is 0. The van der Waals surface area contributed by atoms with Crippen LogP contribution in [0.4, 0.5) is 0 Å². The van der Waals surface area contributed by atoms with Gasteiger partial charge in [-0.1, -0.05) is 32.4 Å². The minimum atomic E-state index is 0.309. The van der Waals surface area contributed by atoms with Gasteiger partial charge in [0, 0.05) is 5.02 Å². The van der Waals surface area contributed by atoms with E-state index < -0.39 is 0 Å². The molecule has 0 aliphatic heterocycles. The molecule has 1 nitrogen and oxygen atoms in total. The van der Waals surface area contributed by atoms with Gasteiger partial charge >= 0.3 is 0 Å². The lowest BCUT2D eigenvalue weighted by Crippen LogP contribution is -1.91. The van der Waals surface area contributed by atoms with Gasteiger partial charge in [-0.3, -0.25) is 0 Å². The fourth-order valence-electron chi connectivity index (χ4n) is 1.35. The molecular formula is C11H15ClO. The molecule has 1 rings (SSSR count). The molecule has 0 aromatic heterocycles. The molecule has 0 bridgehead atoms. The van der Waals surface area contributed by atoms with E-state index in [4.69, 9.17) is 11.6 Å². The van der Waals surface area contributed by atoms with E-state index in [1.807, 2.05) is 26.8 Å². The van der Waals surface area contributed by atoms with E-state index in [9.17, 15) is 5.11 Å². The van der Waals surface area contributed by atoms with Crippen molar-refractivity contribution in [2.75, 3.05) is 0 Å². The second-order valence-electron chi connectivity index (χ2n) is 3.51. The van der Waals surface area contributed by atoms with Gasteiger partial charge < -0.3 is 5.11 Å². The van der Waals surface area contributed by atoms with Crippen LogP contribution in [0.25, 0.3) is 0 Å². The van der Waals surface area contributed by atoms with Gasteiger partial charge in [0.25, 0.3) is 0 Å². The molecule has 13 heavy (non-hydrogen) atoms. The molecule has 0 atom stereocenters. The van der Waals surface area contributed by atoms with E-state index in [-0.39, 0.29) is 0 Å². The topological polar surface area (TPSA) is 20.2 Å². The number of aryl methyl sites for hydroxylation is 1. The monoisotopic (exact) mass is 198 g/mol.